The largest absolute Gasteiger partial charge is 0.292 e. The van der Waals surface area contributed by atoms with Crippen molar-refractivity contribution >= 4 is 11.5 Å². The number of aromatic nitrogens is 3. The Balaban J connectivity index is 2.29. The molecule has 2 aromatic rings. The molecule has 1 aromatic heterocycles. The number of ketones is 1. The third-order valence-electron chi connectivity index (χ3n) is 2.43. The zero-order valence-corrected chi connectivity index (χ0v) is 9.61. The Kier molecular flexibility index (Phi) is 3.13. The van der Waals surface area contributed by atoms with Gasteiger partial charge in [-0.3, -0.25) is 14.9 Å². The quantitative estimate of drug-likeness (QED) is 0.465. The van der Waals surface area contributed by atoms with E-state index in [-0.39, 0.29) is 17.2 Å². The lowest BCUT2D eigenvalue weighted by Crippen LogP contribution is -1.96. The molecule has 1 aromatic carbocycles. The fourth-order valence-corrected chi connectivity index (χ4v) is 1.43. The third kappa shape index (κ3) is 2.24. The molecule has 7 nitrogen and oxygen atoms in total. The number of hydrogen-bond acceptors (Lipinski definition) is 5. The maximum absolute atomic E-state index is 11.4. The average Bonchev–Trinajstić information content (AvgIpc) is 2.87. The fourth-order valence-electron chi connectivity index (χ4n) is 1.43. The average molecular weight is 246 g/mol. The Labute approximate surface area is 102 Å². The standard InChI is InChI=1S/C11H10N4O3/c1-2-11(16)10-7-14(13-12-10)8-3-5-9(6-4-8)15(17)18/h3-7H,2H2,1H3. The van der Waals surface area contributed by atoms with Crippen molar-refractivity contribution < 1.29 is 9.72 Å². The van der Waals surface area contributed by atoms with Crippen molar-refractivity contribution in [3.63, 3.8) is 0 Å². The van der Waals surface area contributed by atoms with Crippen LogP contribution in [-0.2, 0) is 0 Å². The first-order chi connectivity index (χ1) is 8.61. The first kappa shape index (κ1) is 11.9. The number of non-ortho nitro benzene ring substituents is 1. The minimum Gasteiger partial charge on any atom is -0.292 e. The van der Waals surface area contributed by atoms with Crippen molar-refractivity contribution in [1.29, 1.82) is 0 Å². The maximum Gasteiger partial charge on any atom is 0.269 e. The second-order valence-corrected chi connectivity index (χ2v) is 3.60. The van der Waals surface area contributed by atoms with Crippen molar-refractivity contribution in [3.05, 3.63) is 46.3 Å². The van der Waals surface area contributed by atoms with Gasteiger partial charge in [0.1, 0.15) is 5.69 Å². The van der Waals surface area contributed by atoms with E-state index in [9.17, 15) is 14.9 Å². The van der Waals surface area contributed by atoms with E-state index in [1.165, 1.54) is 23.0 Å². The smallest absolute Gasteiger partial charge is 0.269 e. The van der Waals surface area contributed by atoms with Gasteiger partial charge in [0.15, 0.2) is 5.78 Å². The Hall–Kier alpha value is -2.57. The Morgan fingerprint density at radius 1 is 1.39 bits per heavy atom. The van der Waals surface area contributed by atoms with Crippen molar-refractivity contribution in [3.8, 4) is 5.69 Å². The zero-order chi connectivity index (χ0) is 13.1. The van der Waals surface area contributed by atoms with Crippen LogP contribution in [0.15, 0.2) is 30.5 Å². The molecule has 0 aliphatic rings. The minimum absolute atomic E-state index is 0.00345. The van der Waals surface area contributed by atoms with E-state index in [4.69, 9.17) is 0 Å². The topological polar surface area (TPSA) is 90.9 Å². The van der Waals surface area contributed by atoms with Crippen LogP contribution < -0.4 is 0 Å². The van der Waals surface area contributed by atoms with Crippen LogP contribution >= 0.6 is 0 Å². The SMILES string of the molecule is CCC(=O)c1cn(-c2ccc([N+](=O)[O-])cc2)nn1. The Morgan fingerprint density at radius 2 is 2.06 bits per heavy atom. The van der Waals surface area contributed by atoms with Gasteiger partial charge in [-0.15, -0.1) is 5.10 Å². The van der Waals surface area contributed by atoms with Gasteiger partial charge in [-0.25, -0.2) is 4.68 Å². The summed E-state index contributed by atoms with van der Waals surface area (Å²) < 4.78 is 1.41. The summed E-state index contributed by atoms with van der Waals surface area (Å²) in [5, 5.41) is 18.1. The zero-order valence-electron chi connectivity index (χ0n) is 9.61. The molecule has 0 aliphatic heterocycles. The Morgan fingerprint density at radius 3 is 2.61 bits per heavy atom. The van der Waals surface area contributed by atoms with E-state index in [2.05, 4.69) is 10.3 Å². The van der Waals surface area contributed by atoms with E-state index in [1.54, 1.807) is 19.1 Å². The molecule has 0 saturated carbocycles. The van der Waals surface area contributed by atoms with Gasteiger partial charge in [-0.1, -0.05) is 12.1 Å². The second-order valence-electron chi connectivity index (χ2n) is 3.60. The van der Waals surface area contributed by atoms with E-state index < -0.39 is 4.92 Å². The molecule has 2 rings (SSSR count). The second kappa shape index (κ2) is 4.74. The summed E-state index contributed by atoms with van der Waals surface area (Å²) in [6, 6.07) is 5.84. The van der Waals surface area contributed by atoms with Gasteiger partial charge < -0.3 is 0 Å². The van der Waals surface area contributed by atoms with Crippen LogP contribution in [0.5, 0.6) is 0 Å². The van der Waals surface area contributed by atoms with Crippen molar-refractivity contribution in [1.82, 2.24) is 15.0 Å². The van der Waals surface area contributed by atoms with Crippen LogP contribution in [0.2, 0.25) is 0 Å². The lowest BCUT2D eigenvalue weighted by molar-refractivity contribution is -0.384. The highest BCUT2D eigenvalue weighted by Gasteiger charge is 2.10. The number of Topliss-reactive ketones (excluding diaryl/α,β-unsaturated/α-hetero) is 1. The highest BCUT2D eigenvalue weighted by molar-refractivity contribution is 5.93. The lowest BCUT2D eigenvalue weighted by Gasteiger charge is -1.98. The highest BCUT2D eigenvalue weighted by atomic mass is 16.6. The molecular formula is C11H10N4O3. The molecule has 0 bridgehead atoms. The number of carbonyl (C=O) groups excluding carboxylic acids is 1. The molecule has 0 saturated heterocycles. The molecule has 0 aliphatic carbocycles. The predicted octanol–water partition coefficient (Wildman–Crippen LogP) is 1.77. The van der Waals surface area contributed by atoms with Gasteiger partial charge >= 0.3 is 0 Å². The summed E-state index contributed by atoms with van der Waals surface area (Å²) in [5.41, 5.74) is 0.905. The van der Waals surface area contributed by atoms with Crippen molar-refractivity contribution in [2.75, 3.05) is 0 Å². The molecule has 0 unspecified atom stereocenters. The minimum atomic E-state index is -0.475. The number of nitro benzene ring substituents is 1. The lowest BCUT2D eigenvalue weighted by atomic mass is 10.2. The van der Waals surface area contributed by atoms with E-state index in [1.807, 2.05) is 0 Å². The van der Waals surface area contributed by atoms with Crippen LogP contribution in [-0.4, -0.2) is 25.7 Å². The summed E-state index contributed by atoms with van der Waals surface area (Å²) in [6.45, 7) is 1.74. The summed E-state index contributed by atoms with van der Waals surface area (Å²) in [7, 11) is 0. The molecule has 92 valence electrons. The molecule has 0 atom stereocenters. The summed E-state index contributed by atoms with van der Waals surface area (Å²) in [6.07, 6.45) is 1.87. The first-order valence-corrected chi connectivity index (χ1v) is 5.32. The molecule has 0 radical (unpaired) electrons. The van der Waals surface area contributed by atoms with Crippen LogP contribution in [0.25, 0.3) is 5.69 Å². The van der Waals surface area contributed by atoms with Crippen molar-refractivity contribution in [2.24, 2.45) is 0 Å². The van der Waals surface area contributed by atoms with Crippen LogP contribution in [0.3, 0.4) is 0 Å². The van der Waals surface area contributed by atoms with Crippen LogP contribution in [0.4, 0.5) is 5.69 Å². The number of benzene rings is 1. The van der Waals surface area contributed by atoms with E-state index in [0.29, 0.717) is 12.1 Å². The number of carbonyl (C=O) groups is 1. The third-order valence-corrected chi connectivity index (χ3v) is 2.43. The molecule has 0 fully saturated rings. The molecule has 18 heavy (non-hydrogen) atoms. The van der Waals surface area contributed by atoms with Gasteiger partial charge in [0.25, 0.3) is 5.69 Å². The molecule has 0 spiro atoms. The maximum atomic E-state index is 11.4. The summed E-state index contributed by atoms with van der Waals surface area (Å²) in [4.78, 5) is 21.4. The van der Waals surface area contributed by atoms with E-state index in [0.717, 1.165) is 0 Å². The number of hydrogen-bond donors (Lipinski definition) is 0. The predicted molar refractivity (Wildman–Crippen MR) is 62.6 cm³/mol. The van der Waals surface area contributed by atoms with Crippen LogP contribution in [0, 0.1) is 10.1 Å². The number of rotatable bonds is 4. The number of nitro groups is 1. The van der Waals surface area contributed by atoms with Gasteiger partial charge in [-0.05, 0) is 12.1 Å². The Bertz CT molecular complexity index is 589. The van der Waals surface area contributed by atoms with Crippen LogP contribution in [0.1, 0.15) is 23.8 Å². The fraction of sp³-hybridized carbons (Fsp3) is 0.182. The van der Waals surface area contributed by atoms with Gasteiger partial charge in [-0.2, -0.15) is 0 Å². The molecule has 0 N–H and O–H groups in total. The highest BCUT2D eigenvalue weighted by Crippen LogP contribution is 2.14. The molecule has 7 heteroatoms. The number of nitrogens with zero attached hydrogens (tertiary/aromatic N) is 4. The van der Waals surface area contributed by atoms with Gasteiger partial charge in [0.2, 0.25) is 0 Å². The summed E-state index contributed by atoms with van der Waals surface area (Å²) in [5.74, 6) is -0.0943. The molecular weight excluding hydrogens is 236 g/mol. The first-order valence-electron chi connectivity index (χ1n) is 5.32. The van der Waals surface area contributed by atoms with Gasteiger partial charge in [0, 0.05) is 18.6 Å². The van der Waals surface area contributed by atoms with E-state index >= 15 is 0 Å². The summed E-state index contributed by atoms with van der Waals surface area (Å²) >= 11 is 0. The monoisotopic (exact) mass is 246 g/mol. The normalized spacial score (nSPS) is 10.3. The molecule has 1 heterocycles. The van der Waals surface area contributed by atoms with Crippen molar-refractivity contribution in [2.45, 2.75) is 13.3 Å². The molecule has 0 amide bonds. The van der Waals surface area contributed by atoms with Gasteiger partial charge in [0.05, 0.1) is 16.8 Å².